The van der Waals surface area contributed by atoms with Crippen molar-refractivity contribution in [1.82, 2.24) is 9.97 Å². The molecule has 1 atom stereocenters. The number of halogens is 2. The minimum absolute atomic E-state index is 0.182. The maximum atomic E-state index is 13.6. The van der Waals surface area contributed by atoms with Crippen LogP contribution in [0.2, 0.25) is 5.02 Å². The van der Waals surface area contributed by atoms with E-state index in [-0.39, 0.29) is 16.9 Å². The van der Waals surface area contributed by atoms with Gasteiger partial charge in [0.1, 0.15) is 10.8 Å². The van der Waals surface area contributed by atoms with Crippen molar-refractivity contribution in [2.24, 2.45) is 16.3 Å². The molecule has 0 saturated heterocycles. The number of fused-ring (bicyclic) bond motifs is 1. The molecular formula is C29H28BrClN4O3S2. The Hall–Kier alpha value is -2.66. The fraction of sp³-hybridized carbons (Fsp3) is 0.310. The molecule has 40 heavy (non-hydrogen) atoms. The number of hydrogen-bond donors (Lipinski definition) is 2. The smallest absolute Gasteiger partial charge is 0.259 e. The first-order valence-electron chi connectivity index (χ1n) is 12.8. The number of nitrogens with zero attached hydrogens (tertiary/aromatic N) is 2. The van der Waals surface area contributed by atoms with Crippen molar-refractivity contribution in [2.45, 2.75) is 57.2 Å². The number of aromatic amines is 1. The van der Waals surface area contributed by atoms with Gasteiger partial charge in [0.05, 0.1) is 16.3 Å². The second kappa shape index (κ2) is 11.7. The van der Waals surface area contributed by atoms with E-state index in [1.165, 1.54) is 22.7 Å². The van der Waals surface area contributed by atoms with Gasteiger partial charge in [-0.1, -0.05) is 32.4 Å². The van der Waals surface area contributed by atoms with Crippen molar-refractivity contribution >= 4 is 73.4 Å². The summed E-state index contributed by atoms with van der Waals surface area (Å²) >= 11 is 12.3. The van der Waals surface area contributed by atoms with Crippen molar-refractivity contribution in [2.75, 3.05) is 5.32 Å². The van der Waals surface area contributed by atoms with E-state index in [1.807, 2.05) is 0 Å². The van der Waals surface area contributed by atoms with Crippen molar-refractivity contribution < 1.29 is 9.21 Å². The van der Waals surface area contributed by atoms with Crippen LogP contribution in [0.5, 0.6) is 0 Å². The zero-order valence-corrected chi connectivity index (χ0v) is 26.4. The third-order valence-electron chi connectivity index (χ3n) is 6.82. The summed E-state index contributed by atoms with van der Waals surface area (Å²) in [6.07, 6.45) is 4.41. The highest BCUT2D eigenvalue weighted by atomic mass is 79.9. The van der Waals surface area contributed by atoms with Crippen LogP contribution in [0, 0.1) is 18.3 Å². The monoisotopic (exact) mass is 658 g/mol. The second-order valence-corrected chi connectivity index (χ2v) is 14.1. The number of aliphatic imine (C=N–C) groups is 1. The Morgan fingerprint density at radius 1 is 1.30 bits per heavy atom. The van der Waals surface area contributed by atoms with E-state index >= 15 is 0 Å². The molecule has 2 N–H and O–H groups in total. The summed E-state index contributed by atoms with van der Waals surface area (Å²) in [5, 5.41) is 5.24. The molecule has 1 aliphatic rings. The van der Waals surface area contributed by atoms with Crippen LogP contribution in [0.25, 0.3) is 0 Å². The average molecular weight is 660 g/mol. The number of hydrogen-bond acceptors (Lipinski definition) is 7. The Kier molecular flexibility index (Phi) is 8.42. The van der Waals surface area contributed by atoms with Gasteiger partial charge in [-0.15, -0.1) is 11.3 Å². The molecule has 0 aliphatic heterocycles. The largest absolute Gasteiger partial charge is 0.447 e. The van der Waals surface area contributed by atoms with Gasteiger partial charge in [-0.2, -0.15) is 0 Å². The molecule has 0 radical (unpaired) electrons. The molecule has 5 rings (SSSR count). The highest BCUT2D eigenvalue weighted by molar-refractivity contribution is 9.10. The number of amides is 1. The van der Waals surface area contributed by atoms with E-state index in [9.17, 15) is 9.59 Å². The first kappa shape index (κ1) is 28.9. The summed E-state index contributed by atoms with van der Waals surface area (Å²) in [5.74, 6) is 0.852. The lowest BCUT2D eigenvalue weighted by Gasteiger charge is -2.33. The first-order chi connectivity index (χ1) is 19.0. The van der Waals surface area contributed by atoms with Crippen LogP contribution in [-0.4, -0.2) is 22.1 Å². The lowest BCUT2D eigenvalue weighted by atomic mass is 9.72. The number of furan rings is 1. The molecule has 11 heteroatoms. The Balaban J connectivity index is 1.45. The molecular weight excluding hydrogens is 632 g/mol. The van der Waals surface area contributed by atoms with E-state index in [0.717, 1.165) is 24.8 Å². The van der Waals surface area contributed by atoms with Gasteiger partial charge in [0.25, 0.3) is 11.5 Å². The molecule has 0 unspecified atom stereocenters. The molecule has 0 saturated carbocycles. The highest BCUT2D eigenvalue weighted by Gasteiger charge is 2.33. The number of anilines is 1. The zero-order valence-electron chi connectivity index (χ0n) is 22.4. The van der Waals surface area contributed by atoms with Crippen LogP contribution in [0.4, 0.5) is 10.7 Å². The van der Waals surface area contributed by atoms with Crippen molar-refractivity contribution in [3.8, 4) is 0 Å². The van der Waals surface area contributed by atoms with E-state index in [4.69, 9.17) is 21.0 Å². The predicted octanol–water partition coefficient (Wildman–Crippen LogP) is 8.45. The number of thiophene rings is 1. The summed E-state index contributed by atoms with van der Waals surface area (Å²) in [5.41, 5.74) is 2.94. The third-order valence-corrected chi connectivity index (χ3v) is 9.96. The summed E-state index contributed by atoms with van der Waals surface area (Å²) in [6.45, 7) is 8.58. The van der Waals surface area contributed by atoms with E-state index in [1.54, 1.807) is 54.8 Å². The normalized spacial score (nSPS) is 15.4. The summed E-state index contributed by atoms with van der Waals surface area (Å²) in [6, 6.07) is 10.3. The Bertz CT molecular complexity index is 1650. The standard InChI is InChI=1S/C29H28BrClN4O3S2/c1-15-11-23(36)35-28(33-15)40-27-21(30)13-19(38-27)14-32-26-24(25(37)34-18-8-6-17(31)7-9-18)20-10-5-16(29(2,3)4)12-22(20)39-26/h6-9,11,13-14,16H,5,10,12H2,1-4H3,(H,34,37)(H,33,35,36)/t16-/m0/s1. The maximum Gasteiger partial charge on any atom is 0.259 e. The van der Waals surface area contributed by atoms with E-state index in [0.29, 0.717) is 53.4 Å². The molecule has 1 amide bonds. The fourth-order valence-electron chi connectivity index (χ4n) is 4.67. The molecule has 3 heterocycles. The molecule has 1 aliphatic carbocycles. The number of carbonyl (C=O) groups is 1. The number of benzene rings is 1. The average Bonchev–Trinajstić information content (AvgIpc) is 3.42. The molecule has 0 spiro atoms. The number of aryl methyl sites for hydroxylation is 1. The van der Waals surface area contributed by atoms with Crippen LogP contribution in [-0.2, 0) is 12.8 Å². The number of H-pyrrole nitrogens is 1. The quantitative estimate of drug-likeness (QED) is 0.160. The van der Waals surface area contributed by atoms with Crippen molar-refractivity contribution in [3.63, 3.8) is 0 Å². The van der Waals surface area contributed by atoms with Gasteiger partial charge in [-0.25, -0.2) is 9.98 Å². The molecule has 4 aromatic rings. The zero-order chi connectivity index (χ0) is 28.6. The fourth-order valence-corrected chi connectivity index (χ4v) is 7.43. The van der Waals surface area contributed by atoms with Gasteiger partial charge in [0.15, 0.2) is 10.2 Å². The Labute approximate surface area is 254 Å². The number of aromatic nitrogens is 2. The Morgan fingerprint density at radius 3 is 2.75 bits per heavy atom. The van der Waals surface area contributed by atoms with E-state index < -0.39 is 0 Å². The second-order valence-electron chi connectivity index (χ2n) is 10.8. The molecule has 7 nitrogen and oxygen atoms in total. The van der Waals surface area contributed by atoms with Gasteiger partial charge >= 0.3 is 0 Å². The Morgan fingerprint density at radius 2 is 2.05 bits per heavy atom. The number of rotatable bonds is 6. The molecule has 3 aromatic heterocycles. The maximum absolute atomic E-state index is 13.6. The first-order valence-corrected chi connectivity index (χ1v) is 15.6. The topological polar surface area (TPSA) is 100 Å². The number of carbonyl (C=O) groups excluding carboxylic acids is 1. The van der Waals surface area contributed by atoms with Gasteiger partial charge in [-0.05, 0) is 95.0 Å². The summed E-state index contributed by atoms with van der Waals surface area (Å²) in [4.78, 5) is 38.4. The van der Waals surface area contributed by atoms with Gasteiger partial charge < -0.3 is 14.7 Å². The van der Waals surface area contributed by atoms with Crippen LogP contribution in [0.1, 0.15) is 59.4 Å². The molecule has 0 fully saturated rings. The third kappa shape index (κ3) is 6.62. The SMILES string of the molecule is Cc1cc(=O)[nH]c(Sc2oc(C=Nc3sc4c(c3C(=O)Nc3ccc(Cl)cc3)CC[C@H](C(C)(C)C)C4)cc2Br)n1. The van der Waals surface area contributed by atoms with Crippen molar-refractivity contribution in [3.05, 3.63) is 83.7 Å². The predicted molar refractivity (Wildman–Crippen MR) is 166 cm³/mol. The summed E-state index contributed by atoms with van der Waals surface area (Å²) in [7, 11) is 0. The van der Waals surface area contributed by atoms with Crippen LogP contribution in [0.3, 0.4) is 0 Å². The molecule has 1 aromatic carbocycles. The molecule has 0 bridgehead atoms. The van der Waals surface area contributed by atoms with Gasteiger partial charge in [0.2, 0.25) is 0 Å². The summed E-state index contributed by atoms with van der Waals surface area (Å²) < 4.78 is 6.70. The lowest BCUT2D eigenvalue weighted by Crippen LogP contribution is -2.27. The van der Waals surface area contributed by atoms with Crippen LogP contribution < -0.4 is 10.9 Å². The minimum Gasteiger partial charge on any atom is -0.447 e. The lowest BCUT2D eigenvalue weighted by molar-refractivity contribution is 0.102. The van der Waals surface area contributed by atoms with Crippen molar-refractivity contribution in [1.29, 1.82) is 0 Å². The molecule has 208 valence electrons. The number of nitrogens with one attached hydrogen (secondary N) is 2. The minimum atomic E-state index is -0.223. The highest BCUT2D eigenvalue weighted by Crippen LogP contribution is 2.45. The van der Waals surface area contributed by atoms with E-state index in [2.05, 4.69) is 52.0 Å². The van der Waals surface area contributed by atoms with Gasteiger partial charge in [-0.3, -0.25) is 9.59 Å². The van der Waals surface area contributed by atoms with Crippen LogP contribution in [0.15, 0.2) is 65.3 Å². The van der Waals surface area contributed by atoms with Crippen LogP contribution >= 0.6 is 50.6 Å². The van der Waals surface area contributed by atoms with Gasteiger partial charge in [0, 0.05) is 33.4 Å².